The van der Waals surface area contributed by atoms with Gasteiger partial charge in [0.05, 0.1) is 20.3 Å². The predicted molar refractivity (Wildman–Crippen MR) is 74.6 cm³/mol. The van der Waals surface area contributed by atoms with Crippen molar-refractivity contribution >= 4 is 0 Å². The molecular weight excluding hydrogens is 272 g/mol. The van der Waals surface area contributed by atoms with Crippen LogP contribution in [-0.4, -0.2) is 12.2 Å². The van der Waals surface area contributed by atoms with Gasteiger partial charge >= 0.3 is 0 Å². The minimum atomic E-state index is -0.488. The molecule has 2 aromatic rings. The van der Waals surface area contributed by atoms with Crippen LogP contribution in [-0.2, 0) is 22.8 Å². The van der Waals surface area contributed by atoms with Gasteiger partial charge in [-0.3, -0.25) is 0 Å². The second-order valence-corrected chi connectivity index (χ2v) is 4.68. The zero-order valence-electron chi connectivity index (χ0n) is 11.6. The number of hydrogen-bond acceptors (Lipinski definition) is 5. The number of aliphatic hydroxyl groups excluding tert-OH is 1. The van der Waals surface area contributed by atoms with Gasteiger partial charge in [-0.2, -0.15) is 4.89 Å². The van der Waals surface area contributed by atoms with E-state index in [-0.39, 0.29) is 6.61 Å². The normalized spacial score (nSPS) is 17.0. The molecule has 21 heavy (non-hydrogen) atoms. The van der Waals surface area contributed by atoms with Crippen LogP contribution in [0.25, 0.3) is 0 Å². The van der Waals surface area contributed by atoms with E-state index in [0.29, 0.717) is 12.4 Å². The fraction of sp³-hybridized carbons (Fsp3) is 0.250. The molecule has 0 spiro atoms. The topological polar surface area (TPSA) is 57.2 Å². The first kappa shape index (κ1) is 13.9. The van der Waals surface area contributed by atoms with E-state index in [4.69, 9.17) is 19.5 Å². The van der Waals surface area contributed by atoms with Crippen LogP contribution in [0.2, 0.25) is 0 Å². The lowest BCUT2D eigenvalue weighted by atomic mass is 10.1. The Bertz CT molecular complexity index is 626. The predicted octanol–water partition coefficient (Wildman–Crippen LogP) is 2.73. The van der Waals surface area contributed by atoms with E-state index in [1.807, 2.05) is 30.3 Å². The number of ether oxygens (including phenoxy) is 2. The Labute approximate surface area is 122 Å². The summed E-state index contributed by atoms with van der Waals surface area (Å²) in [7, 11) is 1.45. The van der Waals surface area contributed by atoms with Gasteiger partial charge in [0.25, 0.3) is 0 Å². The highest BCUT2D eigenvalue weighted by Crippen LogP contribution is 2.34. The van der Waals surface area contributed by atoms with Crippen LogP contribution in [0.3, 0.4) is 0 Å². The van der Waals surface area contributed by atoms with Gasteiger partial charge in [0.2, 0.25) is 6.29 Å². The molecule has 0 aliphatic carbocycles. The summed E-state index contributed by atoms with van der Waals surface area (Å²) in [6, 6.07) is 12.9. The Balaban J connectivity index is 1.81. The van der Waals surface area contributed by atoms with E-state index < -0.39 is 6.29 Å². The minimum Gasteiger partial charge on any atom is -0.460 e. The van der Waals surface area contributed by atoms with Gasteiger partial charge in [-0.15, -0.1) is 0 Å². The van der Waals surface area contributed by atoms with E-state index >= 15 is 0 Å². The molecule has 1 aliphatic rings. The molecule has 3 rings (SSSR count). The number of aliphatic hydroxyl groups is 1. The van der Waals surface area contributed by atoms with Crippen molar-refractivity contribution in [2.24, 2.45) is 0 Å². The largest absolute Gasteiger partial charge is 0.460 e. The van der Waals surface area contributed by atoms with Crippen molar-refractivity contribution in [3.05, 3.63) is 59.2 Å². The van der Waals surface area contributed by atoms with Crippen LogP contribution in [0.1, 0.15) is 23.0 Å². The third kappa shape index (κ3) is 3.00. The second-order valence-electron chi connectivity index (χ2n) is 4.68. The summed E-state index contributed by atoms with van der Waals surface area (Å²) in [5, 5.41) is 9.14. The Morgan fingerprint density at radius 1 is 1.24 bits per heavy atom. The van der Waals surface area contributed by atoms with Gasteiger partial charge < -0.3 is 19.5 Å². The van der Waals surface area contributed by atoms with E-state index in [1.54, 1.807) is 12.1 Å². The van der Waals surface area contributed by atoms with Gasteiger partial charge in [0.1, 0.15) is 5.75 Å². The smallest absolute Gasteiger partial charge is 0.227 e. The third-order valence-corrected chi connectivity index (χ3v) is 3.24. The molecule has 0 saturated carbocycles. The molecular formula is C16H16O5. The maximum absolute atomic E-state index is 9.14. The summed E-state index contributed by atoms with van der Waals surface area (Å²) in [6.07, 6.45) is -0.488. The molecule has 0 radical (unpaired) electrons. The Kier molecular flexibility index (Phi) is 4.06. The number of benzene rings is 2. The summed E-state index contributed by atoms with van der Waals surface area (Å²) < 4.78 is 11.6. The molecule has 5 nitrogen and oxygen atoms in total. The van der Waals surface area contributed by atoms with E-state index in [2.05, 4.69) is 4.89 Å². The highest BCUT2D eigenvalue weighted by Gasteiger charge is 2.22. The lowest BCUT2D eigenvalue weighted by molar-refractivity contribution is -0.178. The molecule has 1 heterocycles. The summed E-state index contributed by atoms with van der Waals surface area (Å²) in [6.45, 7) is 0.441. The SMILES string of the molecule is COOc1cccc(C2OCc3cc(CO)ccc3O2)c1. The number of rotatable bonds is 4. The quantitative estimate of drug-likeness (QED) is 0.692. The Morgan fingerprint density at radius 2 is 2.14 bits per heavy atom. The summed E-state index contributed by atoms with van der Waals surface area (Å²) >= 11 is 0. The summed E-state index contributed by atoms with van der Waals surface area (Å²) in [5.74, 6) is 1.35. The Hall–Kier alpha value is -2.08. The fourth-order valence-electron chi connectivity index (χ4n) is 2.25. The van der Waals surface area contributed by atoms with E-state index in [0.717, 1.165) is 22.4 Å². The summed E-state index contributed by atoms with van der Waals surface area (Å²) in [4.78, 5) is 9.64. The van der Waals surface area contributed by atoms with Crippen LogP contribution in [0.5, 0.6) is 11.5 Å². The molecule has 0 amide bonds. The first-order valence-corrected chi connectivity index (χ1v) is 6.61. The highest BCUT2D eigenvalue weighted by molar-refractivity contribution is 5.39. The molecule has 2 aromatic carbocycles. The minimum absolute atomic E-state index is 0.00705. The lowest BCUT2D eigenvalue weighted by Crippen LogP contribution is -2.18. The molecule has 5 heteroatoms. The van der Waals surface area contributed by atoms with E-state index in [1.165, 1.54) is 7.11 Å². The van der Waals surface area contributed by atoms with Crippen LogP contribution < -0.4 is 9.62 Å². The molecule has 0 aromatic heterocycles. The molecule has 1 unspecified atom stereocenters. The first-order valence-electron chi connectivity index (χ1n) is 6.61. The fourth-order valence-corrected chi connectivity index (χ4v) is 2.25. The van der Waals surface area contributed by atoms with Gasteiger partial charge in [0.15, 0.2) is 5.75 Å². The summed E-state index contributed by atoms with van der Waals surface area (Å²) in [5.41, 5.74) is 2.62. The Morgan fingerprint density at radius 3 is 2.95 bits per heavy atom. The van der Waals surface area contributed by atoms with Crippen molar-refractivity contribution < 1.29 is 24.4 Å². The van der Waals surface area contributed by atoms with Crippen molar-refractivity contribution in [3.63, 3.8) is 0 Å². The molecule has 1 atom stereocenters. The average molecular weight is 288 g/mol. The molecule has 110 valence electrons. The molecule has 0 bridgehead atoms. The highest BCUT2D eigenvalue weighted by atomic mass is 17.2. The third-order valence-electron chi connectivity index (χ3n) is 3.24. The zero-order valence-corrected chi connectivity index (χ0v) is 11.6. The van der Waals surface area contributed by atoms with Crippen LogP contribution in [0.15, 0.2) is 42.5 Å². The van der Waals surface area contributed by atoms with E-state index in [9.17, 15) is 0 Å². The van der Waals surface area contributed by atoms with Crippen LogP contribution >= 0.6 is 0 Å². The monoisotopic (exact) mass is 288 g/mol. The molecule has 0 fully saturated rings. The van der Waals surface area contributed by atoms with Crippen molar-refractivity contribution in [1.82, 2.24) is 0 Å². The van der Waals surface area contributed by atoms with Crippen molar-refractivity contribution in [2.75, 3.05) is 7.11 Å². The number of hydrogen-bond donors (Lipinski definition) is 1. The van der Waals surface area contributed by atoms with Gasteiger partial charge in [-0.1, -0.05) is 18.2 Å². The number of fused-ring (bicyclic) bond motifs is 1. The molecule has 1 aliphatic heterocycles. The molecule has 1 N–H and O–H groups in total. The molecule has 0 saturated heterocycles. The average Bonchev–Trinajstić information content (AvgIpc) is 2.54. The van der Waals surface area contributed by atoms with Crippen LogP contribution in [0.4, 0.5) is 0 Å². The lowest BCUT2D eigenvalue weighted by Gasteiger charge is -2.27. The van der Waals surface area contributed by atoms with Gasteiger partial charge in [-0.05, 0) is 29.8 Å². The maximum atomic E-state index is 9.14. The van der Waals surface area contributed by atoms with Gasteiger partial charge in [-0.25, -0.2) is 0 Å². The second kappa shape index (κ2) is 6.13. The van der Waals surface area contributed by atoms with Crippen molar-refractivity contribution in [1.29, 1.82) is 0 Å². The first-order chi connectivity index (χ1) is 10.3. The standard InChI is InChI=1S/C16H16O5/c1-18-21-14-4-2-3-12(8-14)16-19-10-13-7-11(9-17)5-6-15(13)20-16/h2-8,16-17H,9-10H2,1H3. The van der Waals surface area contributed by atoms with Gasteiger partial charge in [0, 0.05) is 11.1 Å². The van der Waals surface area contributed by atoms with Crippen molar-refractivity contribution in [3.8, 4) is 11.5 Å². The maximum Gasteiger partial charge on any atom is 0.227 e. The van der Waals surface area contributed by atoms with Crippen LogP contribution in [0, 0.1) is 0 Å². The van der Waals surface area contributed by atoms with Crippen molar-refractivity contribution in [2.45, 2.75) is 19.5 Å². The zero-order chi connectivity index (χ0) is 14.7.